The molecule has 1 aromatic rings. The number of nitrogens with one attached hydrogen (secondary N) is 1. The first kappa shape index (κ1) is 14.2. The van der Waals surface area contributed by atoms with Gasteiger partial charge in [-0.2, -0.15) is 0 Å². The lowest BCUT2D eigenvalue weighted by molar-refractivity contribution is -0.00810. The van der Waals surface area contributed by atoms with Crippen LogP contribution in [-0.2, 0) is 16.6 Å². The molecule has 4 nitrogen and oxygen atoms in total. The van der Waals surface area contributed by atoms with E-state index in [1.54, 1.807) is 11.4 Å². The standard InChI is InChI=1S/C15H21NO3S2/c17-8-13-4-14(9-20-13)21(18,19)16-15-5-10-1-11(6-15)3-12(2-10)7-15/h4,9-12,16-17H,1-3,5-8H2. The third-order valence-electron chi connectivity index (χ3n) is 5.48. The quantitative estimate of drug-likeness (QED) is 0.893. The lowest BCUT2D eigenvalue weighted by Crippen LogP contribution is -2.59. The molecule has 0 radical (unpaired) electrons. The van der Waals surface area contributed by atoms with Gasteiger partial charge in [-0.15, -0.1) is 11.3 Å². The molecule has 4 saturated carbocycles. The Morgan fingerprint density at radius 2 is 1.76 bits per heavy atom. The second kappa shape index (κ2) is 4.78. The topological polar surface area (TPSA) is 66.4 Å². The van der Waals surface area contributed by atoms with Crippen molar-refractivity contribution in [1.82, 2.24) is 4.72 Å². The van der Waals surface area contributed by atoms with E-state index >= 15 is 0 Å². The molecule has 116 valence electrons. The summed E-state index contributed by atoms with van der Waals surface area (Å²) in [6, 6.07) is 1.59. The van der Waals surface area contributed by atoms with Crippen molar-refractivity contribution in [3.8, 4) is 0 Å². The van der Waals surface area contributed by atoms with Crippen molar-refractivity contribution < 1.29 is 13.5 Å². The zero-order valence-electron chi connectivity index (χ0n) is 11.9. The van der Waals surface area contributed by atoms with Crippen LogP contribution in [0.4, 0.5) is 0 Å². The second-order valence-corrected chi connectivity index (χ2v) is 9.89. The Morgan fingerprint density at radius 1 is 1.19 bits per heavy atom. The number of rotatable bonds is 4. The van der Waals surface area contributed by atoms with Crippen LogP contribution in [0.1, 0.15) is 43.4 Å². The molecule has 4 aliphatic rings. The first-order valence-electron chi connectivity index (χ1n) is 7.70. The molecule has 2 N–H and O–H groups in total. The molecule has 0 unspecified atom stereocenters. The summed E-state index contributed by atoms with van der Waals surface area (Å²) in [5.74, 6) is 2.15. The van der Waals surface area contributed by atoms with Gasteiger partial charge in [0.25, 0.3) is 0 Å². The third kappa shape index (κ3) is 2.46. The van der Waals surface area contributed by atoms with Crippen LogP contribution >= 0.6 is 11.3 Å². The molecular formula is C15H21NO3S2. The van der Waals surface area contributed by atoms with Crippen molar-refractivity contribution in [2.24, 2.45) is 17.8 Å². The molecule has 0 atom stereocenters. The van der Waals surface area contributed by atoms with E-state index in [-0.39, 0.29) is 12.1 Å². The van der Waals surface area contributed by atoms with Crippen molar-refractivity contribution in [2.45, 2.75) is 55.6 Å². The van der Waals surface area contributed by atoms with Crippen LogP contribution < -0.4 is 4.72 Å². The van der Waals surface area contributed by atoms with E-state index in [0.717, 1.165) is 37.0 Å². The minimum Gasteiger partial charge on any atom is -0.391 e. The fourth-order valence-electron chi connectivity index (χ4n) is 5.16. The molecule has 21 heavy (non-hydrogen) atoms. The van der Waals surface area contributed by atoms with Crippen molar-refractivity contribution in [1.29, 1.82) is 0 Å². The Morgan fingerprint density at radius 3 is 2.24 bits per heavy atom. The normalized spacial score (nSPS) is 38.0. The van der Waals surface area contributed by atoms with Gasteiger partial charge in [-0.05, 0) is 62.3 Å². The van der Waals surface area contributed by atoms with Crippen LogP contribution in [0.3, 0.4) is 0 Å². The summed E-state index contributed by atoms with van der Waals surface area (Å²) < 4.78 is 28.4. The summed E-state index contributed by atoms with van der Waals surface area (Å²) >= 11 is 1.30. The van der Waals surface area contributed by atoms with E-state index in [9.17, 15) is 8.42 Å². The van der Waals surface area contributed by atoms with Crippen molar-refractivity contribution in [3.05, 3.63) is 16.3 Å². The highest BCUT2D eigenvalue weighted by Crippen LogP contribution is 2.55. The molecule has 0 aromatic carbocycles. The number of aliphatic hydroxyl groups is 1. The van der Waals surface area contributed by atoms with Crippen LogP contribution in [0.2, 0.25) is 0 Å². The van der Waals surface area contributed by atoms with Gasteiger partial charge < -0.3 is 5.11 Å². The summed E-state index contributed by atoms with van der Waals surface area (Å²) in [7, 11) is -3.46. The molecule has 0 spiro atoms. The molecule has 1 aromatic heterocycles. The van der Waals surface area contributed by atoms with E-state index in [2.05, 4.69) is 4.72 Å². The highest BCUT2D eigenvalue weighted by Gasteiger charge is 2.52. The fourth-order valence-corrected chi connectivity index (χ4v) is 7.73. The first-order chi connectivity index (χ1) is 9.98. The van der Waals surface area contributed by atoms with Crippen molar-refractivity contribution in [3.63, 3.8) is 0 Å². The lowest BCUT2D eigenvalue weighted by Gasteiger charge is -2.56. The molecule has 0 aliphatic heterocycles. The molecule has 0 saturated heterocycles. The van der Waals surface area contributed by atoms with Gasteiger partial charge in [0.15, 0.2) is 0 Å². The van der Waals surface area contributed by atoms with Gasteiger partial charge in [0, 0.05) is 15.8 Å². The number of sulfonamides is 1. The molecular weight excluding hydrogens is 306 g/mol. The van der Waals surface area contributed by atoms with E-state index in [1.165, 1.54) is 30.6 Å². The van der Waals surface area contributed by atoms with Crippen LogP contribution in [0, 0.1) is 17.8 Å². The number of hydrogen-bond donors (Lipinski definition) is 2. The van der Waals surface area contributed by atoms with E-state index in [1.807, 2.05) is 0 Å². The zero-order chi connectivity index (χ0) is 14.7. The number of aliphatic hydroxyl groups excluding tert-OH is 1. The monoisotopic (exact) mass is 327 g/mol. The average Bonchev–Trinajstić information content (AvgIpc) is 2.85. The number of thiophene rings is 1. The maximum atomic E-state index is 12.7. The van der Waals surface area contributed by atoms with Crippen molar-refractivity contribution in [2.75, 3.05) is 0 Å². The van der Waals surface area contributed by atoms with E-state index in [4.69, 9.17) is 5.11 Å². The van der Waals surface area contributed by atoms with Gasteiger partial charge in [-0.3, -0.25) is 0 Å². The Bertz CT molecular complexity index is 614. The smallest absolute Gasteiger partial charge is 0.241 e. The summed E-state index contributed by atoms with van der Waals surface area (Å²) in [6.07, 6.45) is 6.93. The summed E-state index contributed by atoms with van der Waals surface area (Å²) in [5, 5.41) is 10.7. The molecule has 1 heterocycles. The molecule has 5 rings (SSSR count). The van der Waals surface area contributed by atoms with Crippen LogP contribution in [0.5, 0.6) is 0 Å². The largest absolute Gasteiger partial charge is 0.391 e. The maximum absolute atomic E-state index is 12.7. The highest BCUT2D eigenvalue weighted by molar-refractivity contribution is 7.89. The molecule has 4 bridgehead atoms. The zero-order valence-corrected chi connectivity index (χ0v) is 13.5. The Kier molecular flexibility index (Phi) is 3.23. The van der Waals surface area contributed by atoms with Gasteiger partial charge in [0.1, 0.15) is 0 Å². The second-order valence-electron chi connectivity index (χ2n) is 7.21. The Labute approximate surface area is 129 Å². The molecule has 4 aliphatic carbocycles. The summed E-state index contributed by atoms with van der Waals surface area (Å²) in [4.78, 5) is 1.01. The number of hydrogen-bond acceptors (Lipinski definition) is 4. The molecule has 4 fully saturated rings. The minimum atomic E-state index is -3.46. The van der Waals surface area contributed by atoms with Gasteiger partial charge in [0.05, 0.1) is 11.5 Å². The van der Waals surface area contributed by atoms with Gasteiger partial charge in [-0.25, -0.2) is 13.1 Å². The SMILES string of the molecule is O=S(=O)(NC12CC3CC(CC(C3)C1)C2)c1csc(CO)c1. The van der Waals surface area contributed by atoms with Gasteiger partial charge in [-0.1, -0.05) is 0 Å². The highest BCUT2D eigenvalue weighted by atomic mass is 32.2. The van der Waals surface area contributed by atoms with Crippen LogP contribution in [0.15, 0.2) is 16.3 Å². The average molecular weight is 327 g/mol. The van der Waals surface area contributed by atoms with E-state index < -0.39 is 10.0 Å². The van der Waals surface area contributed by atoms with E-state index in [0.29, 0.717) is 9.77 Å². The fraction of sp³-hybridized carbons (Fsp3) is 0.733. The Balaban J connectivity index is 1.60. The van der Waals surface area contributed by atoms with Crippen LogP contribution in [-0.4, -0.2) is 19.1 Å². The third-order valence-corrected chi connectivity index (χ3v) is 8.11. The summed E-state index contributed by atoms with van der Waals surface area (Å²) in [6.45, 7) is -0.0997. The first-order valence-corrected chi connectivity index (χ1v) is 10.1. The van der Waals surface area contributed by atoms with Gasteiger partial charge >= 0.3 is 0 Å². The predicted molar refractivity (Wildman–Crippen MR) is 81.5 cm³/mol. The van der Waals surface area contributed by atoms with Crippen LogP contribution in [0.25, 0.3) is 0 Å². The van der Waals surface area contributed by atoms with Gasteiger partial charge in [0.2, 0.25) is 10.0 Å². The predicted octanol–water partition coefficient (Wildman–Crippen LogP) is 2.49. The maximum Gasteiger partial charge on any atom is 0.241 e. The lowest BCUT2D eigenvalue weighted by atomic mass is 9.53. The Hall–Kier alpha value is -0.430. The molecule has 0 amide bonds. The van der Waals surface area contributed by atoms with Crippen molar-refractivity contribution >= 4 is 21.4 Å². The summed E-state index contributed by atoms with van der Waals surface area (Å²) in [5.41, 5.74) is -0.200. The molecule has 6 heteroatoms. The minimum absolute atomic E-state index is 0.0997.